The molecule has 0 aromatic carbocycles. The monoisotopic (exact) mass is 262 g/mol. The van der Waals surface area contributed by atoms with Crippen molar-refractivity contribution in [3.63, 3.8) is 0 Å². The van der Waals surface area contributed by atoms with E-state index < -0.39 is 42.1 Å². The highest BCUT2D eigenvalue weighted by atomic mass is 16.7. The number of hydrogen-bond donors (Lipinski definition) is 2. The minimum Gasteiger partial charge on any atom is -0.456 e. The van der Waals surface area contributed by atoms with Crippen LogP contribution in [0.25, 0.3) is 0 Å². The van der Waals surface area contributed by atoms with E-state index in [1.54, 1.807) is 27.7 Å². The molecule has 6 heteroatoms. The van der Waals surface area contributed by atoms with Crippen LogP contribution in [-0.2, 0) is 19.0 Å². The minimum atomic E-state index is -1.22. The van der Waals surface area contributed by atoms with Gasteiger partial charge in [0.1, 0.15) is 12.2 Å². The zero-order chi connectivity index (χ0) is 14.1. The normalized spacial score (nSPS) is 37.4. The van der Waals surface area contributed by atoms with Crippen LogP contribution in [0.15, 0.2) is 0 Å². The Kier molecular flexibility index (Phi) is 4.72. The Morgan fingerprint density at radius 3 is 2.22 bits per heavy atom. The lowest BCUT2D eigenvalue weighted by molar-refractivity contribution is -0.290. The summed E-state index contributed by atoms with van der Waals surface area (Å²) in [5, 5.41) is 19.9. The number of hydrogen-bond acceptors (Lipinski definition) is 6. The molecule has 0 spiro atoms. The summed E-state index contributed by atoms with van der Waals surface area (Å²) in [4.78, 5) is 11.8. The third-order valence-electron chi connectivity index (χ3n) is 2.87. The lowest BCUT2D eigenvalue weighted by Gasteiger charge is -2.40. The molecule has 0 aromatic heterocycles. The van der Waals surface area contributed by atoms with Gasteiger partial charge in [-0.1, -0.05) is 0 Å². The molecule has 0 radical (unpaired) electrons. The molecule has 1 aliphatic heterocycles. The third-order valence-corrected chi connectivity index (χ3v) is 2.87. The molecule has 0 amide bonds. The quantitative estimate of drug-likeness (QED) is 0.684. The molecule has 0 unspecified atom stereocenters. The van der Waals surface area contributed by atoms with Gasteiger partial charge in [0.15, 0.2) is 12.4 Å². The second-order valence-corrected chi connectivity index (χ2v) is 5.55. The minimum absolute atomic E-state index is 0.491. The molecular formula is C12H22O6. The smallest absolute Gasteiger partial charge is 0.311 e. The first-order valence-electron chi connectivity index (χ1n) is 5.94. The summed E-state index contributed by atoms with van der Waals surface area (Å²) in [6.07, 6.45) is -4.85. The Balaban J connectivity index is 2.80. The number of carbonyl (C=O) groups excluding carboxylic acids is 1. The maximum absolute atomic E-state index is 11.8. The van der Waals surface area contributed by atoms with E-state index in [0.29, 0.717) is 0 Å². The molecular weight excluding hydrogens is 240 g/mol. The lowest BCUT2D eigenvalue weighted by atomic mass is 9.95. The van der Waals surface area contributed by atoms with Crippen LogP contribution in [0.4, 0.5) is 0 Å². The number of aliphatic hydroxyl groups is 2. The number of methoxy groups -OCH3 is 1. The van der Waals surface area contributed by atoms with Crippen LogP contribution < -0.4 is 0 Å². The van der Waals surface area contributed by atoms with Crippen LogP contribution in [0, 0.1) is 5.41 Å². The van der Waals surface area contributed by atoms with E-state index in [9.17, 15) is 15.0 Å². The Bertz CT molecular complexity index is 297. The maximum Gasteiger partial charge on any atom is 0.311 e. The van der Waals surface area contributed by atoms with Crippen molar-refractivity contribution in [3.8, 4) is 0 Å². The van der Waals surface area contributed by atoms with Crippen molar-refractivity contribution in [3.05, 3.63) is 0 Å². The number of esters is 1. The van der Waals surface area contributed by atoms with E-state index in [0.717, 1.165) is 0 Å². The standard InChI is InChI=1S/C12H22O6/c1-6-7(13)9(8(14)10(16-5)17-6)18-11(15)12(2,3)4/h6-10,13-14H,1-5H3/t6-,7+,8-,9+,10+/m0/s1. The topological polar surface area (TPSA) is 85.2 Å². The zero-order valence-electron chi connectivity index (χ0n) is 11.4. The summed E-state index contributed by atoms with van der Waals surface area (Å²) >= 11 is 0. The van der Waals surface area contributed by atoms with Gasteiger partial charge in [0.05, 0.1) is 11.5 Å². The number of ether oxygens (including phenoxy) is 3. The predicted octanol–water partition coefficient (Wildman–Crippen LogP) is 0.0573. The Morgan fingerprint density at radius 2 is 1.78 bits per heavy atom. The molecule has 0 bridgehead atoms. The molecule has 0 saturated carbocycles. The van der Waals surface area contributed by atoms with Crippen molar-refractivity contribution in [2.45, 2.75) is 58.4 Å². The number of carbonyl (C=O) groups is 1. The van der Waals surface area contributed by atoms with Crippen molar-refractivity contribution < 1.29 is 29.2 Å². The summed E-state index contributed by atoms with van der Waals surface area (Å²) in [5.74, 6) is -0.491. The van der Waals surface area contributed by atoms with Gasteiger partial charge in [-0.2, -0.15) is 0 Å². The van der Waals surface area contributed by atoms with Crippen LogP contribution in [0.2, 0.25) is 0 Å². The van der Waals surface area contributed by atoms with Crippen molar-refractivity contribution in [2.75, 3.05) is 7.11 Å². The summed E-state index contributed by atoms with van der Waals surface area (Å²) in [6, 6.07) is 0. The van der Waals surface area contributed by atoms with Crippen molar-refractivity contribution in [1.82, 2.24) is 0 Å². The molecule has 0 aliphatic carbocycles. The van der Waals surface area contributed by atoms with Crippen molar-refractivity contribution >= 4 is 5.97 Å². The first-order chi connectivity index (χ1) is 8.18. The van der Waals surface area contributed by atoms with Gasteiger partial charge in [-0.15, -0.1) is 0 Å². The SMILES string of the molecule is CO[C@@H]1O[C@@H](C)[C@@H](O)[C@@H](OC(=O)C(C)(C)C)[C@@H]1O. The van der Waals surface area contributed by atoms with Crippen molar-refractivity contribution in [2.24, 2.45) is 5.41 Å². The molecule has 0 aromatic rings. The maximum atomic E-state index is 11.8. The first kappa shape index (κ1) is 15.4. The van der Waals surface area contributed by atoms with Crippen LogP contribution in [0.1, 0.15) is 27.7 Å². The van der Waals surface area contributed by atoms with Crippen LogP contribution >= 0.6 is 0 Å². The summed E-state index contributed by atoms with van der Waals surface area (Å²) < 4.78 is 15.4. The van der Waals surface area contributed by atoms with Crippen molar-refractivity contribution in [1.29, 1.82) is 0 Å². The van der Waals surface area contributed by atoms with Gasteiger partial charge < -0.3 is 24.4 Å². The molecule has 6 nitrogen and oxygen atoms in total. The van der Waals surface area contributed by atoms with E-state index >= 15 is 0 Å². The van der Waals surface area contributed by atoms with Gasteiger partial charge in [-0.3, -0.25) is 4.79 Å². The summed E-state index contributed by atoms with van der Waals surface area (Å²) in [5.41, 5.74) is -0.705. The van der Waals surface area contributed by atoms with Gasteiger partial charge in [-0.25, -0.2) is 0 Å². The molecule has 1 heterocycles. The van der Waals surface area contributed by atoms with E-state index in [4.69, 9.17) is 14.2 Å². The first-order valence-corrected chi connectivity index (χ1v) is 5.94. The van der Waals surface area contributed by atoms with E-state index in [-0.39, 0.29) is 0 Å². The molecule has 1 aliphatic rings. The molecule has 18 heavy (non-hydrogen) atoms. The van der Waals surface area contributed by atoms with Gasteiger partial charge in [0.25, 0.3) is 0 Å². The molecule has 5 atom stereocenters. The van der Waals surface area contributed by atoms with Crippen LogP contribution in [-0.4, -0.2) is 54.0 Å². The van der Waals surface area contributed by atoms with Gasteiger partial charge in [-0.05, 0) is 27.7 Å². The fraction of sp³-hybridized carbons (Fsp3) is 0.917. The Hall–Kier alpha value is -0.690. The molecule has 106 valence electrons. The van der Waals surface area contributed by atoms with Gasteiger partial charge >= 0.3 is 5.97 Å². The second kappa shape index (κ2) is 5.52. The molecule has 1 saturated heterocycles. The van der Waals surface area contributed by atoms with Gasteiger partial charge in [0, 0.05) is 7.11 Å². The van der Waals surface area contributed by atoms with E-state index in [1.807, 2.05) is 0 Å². The average molecular weight is 262 g/mol. The van der Waals surface area contributed by atoms with E-state index in [2.05, 4.69) is 0 Å². The lowest BCUT2D eigenvalue weighted by Crippen LogP contribution is -2.59. The second-order valence-electron chi connectivity index (χ2n) is 5.55. The fourth-order valence-electron chi connectivity index (χ4n) is 1.63. The Labute approximate surface area is 107 Å². The van der Waals surface area contributed by atoms with Crippen LogP contribution in [0.5, 0.6) is 0 Å². The highest BCUT2D eigenvalue weighted by Crippen LogP contribution is 2.26. The number of aliphatic hydroxyl groups excluding tert-OH is 2. The average Bonchev–Trinajstić information content (AvgIpc) is 2.27. The van der Waals surface area contributed by atoms with E-state index in [1.165, 1.54) is 7.11 Å². The molecule has 2 N–H and O–H groups in total. The third kappa shape index (κ3) is 3.20. The molecule has 1 rings (SSSR count). The highest BCUT2D eigenvalue weighted by molar-refractivity contribution is 5.75. The fourth-order valence-corrected chi connectivity index (χ4v) is 1.63. The van der Waals surface area contributed by atoms with Crippen LogP contribution in [0.3, 0.4) is 0 Å². The Morgan fingerprint density at radius 1 is 1.22 bits per heavy atom. The molecule has 1 fully saturated rings. The highest BCUT2D eigenvalue weighted by Gasteiger charge is 2.46. The zero-order valence-corrected chi connectivity index (χ0v) is 11.4. The van der Waals surface area contributed by atoms with Gasteiger partial charge in [0.2, 0.25) is 0 Å². The predicted molar refractivity (Wildman–Crippen MR) is 62.7 cm³/mol. The summed E-state index contributed by atoms with van der Waals surface area (Å²) in [7, 11) is 1.38. The number of rotatable bonds is 2. The largest absolute Gasteiger partial charge is 0.456 e. The summed E-state index contributed by atoms with van der Waals surface area (Å²) in [6.45, 7) is 6.72.